The Morgan fingerprint density at radius 1 is 0.382 bits per heavy atom. The van der Waals surface area contributed by atoms with Gasteiger partial charge in [0.05, 0.1) is 11.0 Å². The molecule has 0 aliphatic carbocycles. The molecule has 258 valence electrons. The van der Waals surface area contributed by atoms with Crippen molar-refractivity contribution < 1.29 is 4.42 Å². The molecule has 0 aliphatic rings. The van der Waals surface area contributed by atoms with Crippen molar-refractivity contribution >= 4 is 71.6 Å². The highest BCUT2D eigenvalue weighted by Crippen LogP contribution is 2.42. The van der Waals surface area contributed by atoms with Gasteiger partial charge in [0.15, 0.2) is 0 Å². The largest absolute Gasteiger partial charge is 0.456 e. The molecule has 0 amide bonds. The molecule has 4 nitrogen and oxygen atoms in total. The number of nitrogens with zero attached hydrogens (tertiary/aromatic N) is 3. The van der Waals surface area contributed by atoms with Crippen LogP contribution in [0.4, 0.5) is 17.1 Å². The van der Waals surface area contributed by atoms with E-state index >= 15 is 0 Å². The lowest BCUT2D eigenvalue weighted by atomic mass is 10.00. The van der Waals surface area contributed by atoms with E-state index in [1.165, 1.54) is 27.3 Å². The first-order chi connectivity index (χ1) is 27.3. The van der Waals surface area contributed by atoms with E-state index in [2.05, 4.69) is 198 Å². The van der Waals surface area contributed by atoms with E-state index in [0.29, 0.717) is 0 Å². The van der Waals surface area contributed by atoms with E-state index in [4.69, 9.17) is 9.40 Å². The van der Waals surface area contributed by atoms with Crippen LogP contribution in [0.1, 0.15) is 0 Å². The Bertz CT molecular complexity index is 3180. The fraction of sp³-hybridized carbons (Fsp3) is 0. The number of fused-ring (bicyclic) bond motifs is 9. The van der Waals surface area contributed by atoms with E-state index in [0.717, 1.165) is 72.5 Å². The van der Waals surface area contributed by atoms with Gasteiger partial charge in [-0.05, 0) is 94.7 Å². The smallest absolute Gasteiger partial charge is 0.145 e. The Hall–Kier alpha value is -7.43. The first-order valence-corrected chi connectivity index (χ1v) is 18.6. The Kier molecular flexibility index (Phi) is 7.14. The number of anilines is 3. The summed E-state index contributed by atoms with van der Waals surface area (Å²) in [5, 5.41) is 6.96. The van der Waals surface area contributed by atoms with Crippen LogP contribution >= 0.6 is 0 Å². The maximum absolute atomic E-state index is 6.23. The maximum atomic E-state index is 6.23. The summed E-state index contributed by atoms with van der Waals surface area (Å²) in [7, 11) is 0. The second-order valence-corrected chi connectivity index (χ2v) is 14.0. The zero-order chi connectivity index (χ0) is 36.3. The number of benzene rings is 9. The summed E-state index contributed by atoms with van der Waals surface area (Å²) < 4.78 is 8.56. The van der Waals surface area contributed by atoms with Crippen LogP contribution in [0.15, 0.2) is 205 Å². The number of imidazole rings is 1. The minimum atomic E-state index is 0.875. The first kappa shape index (κ1) is 31.1. The zero-order valence-corrected chi connectivity index (χ0v) is 29.8. The monoisotopic (exact) mass is 703 g/mol. The highest BCUT2D eigenvalue weighted by atomic mass is 16.3. The summed E-state index contributed by atoms with van der Waals surface area (Å²) in [5.74, 6) is 0.902. The molecule has 0 saturated heterocycles. The normalized spacial score (nSPS) is 11.6. The number of para-hydroxylation sites is 2. The second kappa shape index (κ2) is 12.6. The van der Waals surface area contributed by atoms with Gasteiger partial charge in [0, 0.05) is 49.9 Å². The van der Waals surface area contributed by atoms with Gasteiger partial charge in [0.2, 0.25) is 0 Å². The van der Waals surface area contributed by atoms with Crippen molar-refractivity contribution in [3.8, 4) is 28.2 Å². The zero-order valence-electron chi connectivity index (χ0n) is 29.8. The number of furan rings is 1. The Balaban J connectivity index is 1.10. The van der Waals surface area contributed by atoms with Crippen LogP contribution in [-0.2, 0) is 0 Å². The van der Waals surface area contributed by atoms with Crippen LogP contribution in [0.2, 0.25) is 0 Å². The van der Waals surface area contributed by atoms with E-state index in [1.54, 1.807) is 0 Å². The summed E-state index contributed by atoms with van der Waals surface area (Å²) in [6.07, 6.45) is 0. The first-order valence-electron chi connectivity index (χ1n) is 18.6. The lowest BCUT2D eigenvalue weighted by Gasteiger charge is -2.26. The standard InChI is InChI=1S/C51H33N3O/c1-3-13-34(14-4-1)35-23-27-38(28-24-35)53(40-31-32-48-46(33-40)43-19-11-12-22-47(43)55-48)39-29-25-36(26-30-39)51-52-49-44-20-9-7-17-41(44)42-18-8-10-21-45(42)50(49)54(51)37-15-5-2-6-16-37/h1-33H. The summed E-state index contributed by atoms with van der Waals surface area (Å²) in [4.78, 5) is 7.78. The van der Waals surface area contributed by atoms with Gasteiger partial charge in [-0.1, -0.05) is 127 Å². The molecule has 0 radical (unpaired) electrons. The summed E-state index contributed by atoms with van der Waals surface area (Å²) in [6.45, 7) is 0. The van der Waals surface area contributed by atoms with Crippen molar-refractivity contribution in [2.45, 2.75) is 0 Å². The molecule has 0 bridgehead atoms. The number of aromatic nitrogens is 2. The molecule has 0 atom stereocenters. The van der Waals surface area contributed by atoms with Gasteiger partial charge >= 0.3 is 0 Å². The molecular formula is C51H33N3O. The quantitative estimate of drug-likeness (QED) is 0.162. The topological polar surface area (TPSA) is 34.2 Å². The lowest BCUT2D eigenvalue weighted by molar-refractivity contribution is 0.669. The molecule has 11 rings (SSSR count). The molecule has 0 spiro atoms. The van der Waals surface area contributed by atoms with Gasteiger partial charge in [-0.2, -0.15) is 0 Å². The van der Waals surface area contributed by atoms with Crippen LogP contribution in [0.3, 0.4) is 0 Å². The minimum Gasteiger partial charge on any atom is -0.456 e. The van der Waals surface area contributed by atoms with E-state index < -0.39 is 0 Å². The SMILES string of the molecule is c1ccc(-c2ccc(N(c3ccc(-c4nc5c6ccccc6c6ccccc6c5n4-c4ccccc4)cc3)c3ccc4oc5ccccc5c4c3)cc2)cc1. The molecule has 9 aromatic carbocycles. The third-order valence-corrected chi connectivity index (χ3v) is 10.8. The molecule has 2 heterocycles. The fourth-order valence-corrected chi connectivity index (χ4v) is 8.22. The van der Waals surface area contributed by atoms with Crippen molar-refractivity contribution in [2.75, 3.05) is 4.90 Å². The molecule has 0 fully saturated rings. The van der Waals surface area contributed by atoms with E-state index in [1.807, 2.05) is 12.1 Å². The fourth-order valence-electron chi connectivity index (χ4n) is 8.22. The number of rotatable bonds is 6. The van der Waals surface area contributed by atoms with Crippen LogP contribution in [0, 0.1) is 0 Å². The van der Waals surface area contributed by atoms with Gasteiger partial charge in [-0.15, -0.1) is 0 Å². The van der Waals surface area contributed by atoms with Gasteiger partial charge in [0.1, 0.15) is 17.0 Å². The predicted octanol–water partition coefficient (Wildman–Crippen LogP) is 14.0. The molecule has 2 aromatic heterocycles. The summed E-state index contributed by atoms with van der Waals surface area (Å²) in [6, 6.07) is 70.8. The summed E-state index contributed by atoms with van der Waals surface area (Å²) in [5.41, 5.74) is 11.5. The van der Waals surface area contributed by atoms with Crippen molar-refractivity contribution in [2.24, 2.45) is 0 Å². The van der Waals surface area contributed by atoms with Crippen LogP contribution in [0.25, 0.3) is 82.7 Å². The van der Waals surface area contributed by atoms with Gasteiger partial charge in [-0.3, -0.25) is 4.57 Å². The molecule has 4 heteroatoms. The highest BCUT2D eigenvalue weighted by molar-refractivity contribution is 6.24. The van der Waals surface area contributed by atoms with Crippen LogP contribution < -0.4 is 4.90 Å². The average molecular weight is 704 g/mol. The Labute approximate surface area is 317 Å². The molecule has 0 unspecified atom stereocenters. The molecule has 0 saturated carbocycles. The number of hydrogen-bond acceptors (Lipinski definition) is 3. The van der Waals surface area contributed by atoms with Crippen molar-refractivity contribution in [1.82, 2.24) is 9.55 Å². The Morgan fingerprint density at radius 2 is 0.891 bits per heavy atom. The van der Waals surface area contributed by atoms with Crippen molar-refractivity contribution in [3.63, 3.8) is 0 Å². The minimum absolute atomic E-state index is 0.875. The molecule has 11 aromatic rings. The summed E-state index contributed by atoms with van der Waals surface area (Å²) >= 11 is 0. The number of hydrogen-bond donors (Lipinski definition) is 0. The average Bonchev–Trinajstić information content (AvgIpc) is 3.85. The maximum Gasteiger partial charge on any atom is 0.145 e. The molecule has 0 aliphatic heterocycles. The molecule has 55 heavy (non-hydrogen) atoms. The highest BCUT2D eigenvalue weighted by Gasteiger charge is 2.21. The molecular weight excluding hydrogens is 671 g/mol. The van der Waals surface area contributed by atoms with Crippen molar-refractivity contribution in [1.29, 1.82) is 0 Å². The van der Waals surface area contributed by atoms with Crippen LogP contribution in [-0.4, -0.2) is 9.55 Å². The second-order valence-electron chi connectivity index (χ2n) is 14.0. The third kappa shape index (κ3) is 5.11. The lowest BCUT2D eigenvalue weighted by Crippen LogP contribution is -2.10. The van der Waals surface area contributed by atoms with Crippen molar-refractivity contribution in [3.05, 3.63) is 200 Å². The Morgan fingerprint density at radius 3 is 1.60 bits per heavy atom. The molecule has 0 N–H and O–H groups in total. The van der Waals surface area contributed by atoms with Gasteiger partial charge in [-0.25, -0.2) is 4.98 Å². The van der Waals surface area contributed by atoms with E-state index in [9.17, 15) is 0 Å². The van der Waals surface area contributed by atoms with Crippen LogP contribution in [0.5, 0.6) is 0 Å². The van der Waals surface area contributed by atoms with E-state index in [-0.39, 0.29) is 0 Å². The van der Waals surface area contributed by atoms with Gasteiger partial charge in [0.25, 0.3) is 0 Å². The third-order valence-electron chi connectivity index (χ3n) is 10.8. The van der Waals surface area contributed by atoms with Gasteiger partial charge < -0.3 is 9.32 Å². The predicted molar refractivity (Wildman–Crippen MR) is 229 cm³/mol.